The molecule has 1 N–H and O–H groups in total. The Bertz CT molecular complexity index is 413. The molecule has 21 heavy (non-hydrogen) atoms. The molecule has 0 aromatic heterocycles. The van der Waals surface area contributed by atoms with Gasteiger partial charge in [-0.05, 0) is 70.8 Å². The molecule has 1 fully saturated rings. The van der Waals surface area contributed by atoms with Crippen LogP contribution in [-0.4, -0.2) is 31.1 Å². The Morgan fingerprint density at radius 1 is 1.14 bits per heavy atom. The predicted molar refractivity (Wildman–Crippen MR) is 91.8 cm³/mol. The van der Waals surface area contributed by atoms with Gasteiger partial charge in [-0.3, -0.25) is 0 Å². The van der Waals surface area contributed by atoms with E-state index in [4.69, 9.17) is 0 Å². The van der Waals surface area contributed by atoms with E-state index >= 15 is 0 Å². The number of benzene rings is 1. The molecule has 1 saturated heterocycles. The van der Waals surface area contributed by atoms with Gasteiger partial charge in [0.05, 0.1) is 0 Å². The molecule has 2 heteroatoms. The summed E-state index contributed by atoms with van der Waals surface area (Å²) in [6.07, 6.45) is 3.95. The first-order valence-electron chi connectivity index (χ1n) is 8.62. The number of aryl methyl sites for hydroxylation is 2. The summed E-state index contributed by atoms with van der Waals surface area (Å²) in [5.41, 5.74) is 4.21. The molecule has 1 aliphatic rings. The van der Waals surface area contributed by atoms with Gasteiger partial charge in [0.2, 0.25) is 0 Å². The van der Waals surface area contributed by atoms with Crippen LogP contribution in [0.1, 0.15) is 55.8 Å². The lowest BCUT2D eigenvalue weighted by atomic mass is 9.97. The average Bonchev–Trinajstić information content (AvgIpc) is 2.44. The summed E-state index contributed by atoms with van der Waals surface area (Å²) < 4.78 is 0. The van der Waals surface area contributed by atoms with Crippen LogP contribution in [-0.2, 0) is 0 Å². The third-order valence-corrected chi connectivity index (χ3v) is 4.71. The van der Waals surface area contributed by atoms with Crippen LogP contribution in [0.25, 0.3) is 0 Å². The minimum absolute atomic E-state index is 0.493. The van der Waals surface area contributed by atoms with Gasteiger partial charge in [-0.15, -0.1) is 0 Å². The van der Waals surface area contributed by atoms with Crippen LogP contribution >= 0.6 is 0 Å². The average molecular weight is 288 g/mol. The maximum absolute atomic E-state index is 3.68. The largest absolute Gasteiger partial charge is 0.310 e. The number of nitrogens with one attached hydrogen (secondary N) is 1. The van der Waals surface area contributed by atoms with E-state index in [2.05, 4.69) is 56.1 Å². The summed E-state index contributed by atoms with van der Waals surface area (Å²) in [6.45, 7) is 13.8. The van der Waals surface area contributed by atoms with Gasteiger partial charge in [-0.25, -0.2) is 0 Å². The van der Waals surface area contributed by atoms with Gasteiger partial charge < -0.3 is 10.2 Å². The number of hydrogen-bond donors (Lipinski definition) is 1. The van der Waals surface area contributed by atoms with Crippen molar-refractivity contribution in [3.05, 3.63) is 34.9 Å². The van der Waals surface area contributed by atoms with Crippen molar-refractivity contribution in [2.45, 2.75) is 53.0 Å². The van der Waals surface area contributed by atoms with E-state index < -0.39 is 0 Å². The van der Waals surface area contributed by atoms with Crippen LogP contribution < -0.4 is 5.32 Å². The number of piperidine rings is 1. The molecule has 0 spiro atoms. The number of nitrogens with zero attached hydrogens (tertiary/aromatic N) is 1. The highest BCUT2D eigenvalue weighted by molar-refractivity contribution is 5.30. The lowest BCUT2D eigenvalue weighted by molar-refractivity contribution is 0.184. The van der Waals surface area contributed by atoms with E-state index in [1.165, 1.54) is 55.6 Å². The second kappa shape index (κ2) is 7.95. The van der Waals surface area contributed by atoms with Gasteiger partial charge >= 0.3 is 0 Å². The molecule has 0 amide bonds. The maximum atomic E-state index is 3.68. The molecule has 2 rings (SSSR count). The summed E-state index contributed by atoms with van der Waals surface area (Å²) >= 11 is 0. The molecule has 1 aromatic rings. The first kappa shape index (κ1) is 16.5. The normalized spacial score (nSPS) is 18.9. The van der Waals surface area contributed by atoms with Crippen LogP contribution in [0, 0.1) is 19.8 Å². The van der Waals surface area contributed by atoms with Crippen molar-refractivity contribution in [1.29, 1.82) is 0 Å². The SMILES string of the molecule is CCNC(CCN1CCC(C)CC1)c1cc(C)cc(C)c1. The monoisotopic (exact) mass is 288 g/mol. The molecule has 0 bridgehead atoms. The first-order valence-corrected chi connectivity index (χ1v) is 8.62. The summed E-state index contributed by atoms with van der Waals surface area (Å²) in [6, 6.07) is 7.45. The van der Waals surface area contributed by atoms with E-state index in [1.54, 1.807) is 0 Å². The topological polar surface area (TPSA) is 15.3 Å². The Kier molecular flexibility index (Phi) is 6.25. The molecule has 0 saturated carbocycles. The predicted octanol–water partition coefficient (Wildman–Crippen LogP) is 4.08. The van der Waals surface area contributed by atoms with Gasteiger partial charge in [0.1, 0.15) is 0 Å². The van der Waals surface area contributed by atoms with Crippen LogP contribution in [0.3, 0.4) is 0 Å². The number of hydrogen-bond acceptors (Lipinski definition) is 2. The van der Waals surface area contributed by atoms with Gasteiger partial charge in [-0.2, -0.15) is 0 Å². The first-order chi connectivity index (χ1) is 10.1. The third kappa shape index (κ3) is 5.12. The Labute approximate surface area is 130 Å². The minimum atomic E-state index is 0.493. The van der Waals surface area contributed by atoms with Crippen molar-refractivity contribution < 1.29 is 0 Å². The van der Waals surface area contributed by atoms with E-state index in [0.717, 1.165) is 12.5 Å². The third-order valence-electron chi connectivity index (χ3n) is 4.71. The second-order valence-electron chi connectivity index (χ2n) is 6.84. The number of likely N-dealkylation sites (tertiary alicyclic amines) is 1. The summed E-state index contributed by atoms with van der Waals surface area (Å²) in [4.78, 5) is 2.65. The molecular weight excluding hydrogens is 256 g/mol. The zero-order valence-corrected chi connectivity index (χ0v) is 14.3. The van der Waals surface area contributed by atoms with Gasteiger partial charge in [-0.1, -0.05) is 43.2 Å². The molecule has 1 heterocycles. The fraction of sp³-hybridized carbons (Fsp3) is 0.684. The highest BCUT2D eigenvalue weighted by atomic mass is 15.1. The zero-order chi connectivity index (χ0) is 15.2. The summed E-state index contributed by atoms with van der Waals surface area (Å²) in [5.74, 6) is 0.922. The van der Waals surface area contributed by atoms with Crippen LogP contribution in [0.15, 0.2) is 18.2 Å². The zero-order valence-electron chi connectivity index (χ0n) is 14.3. The van der Waals surface area contributed by atoms with Crippen LogP contribution in [0.5, 0.6) is 0 Å². The lowest BCUT2D eigenvalue weighted by Gasteiger charge is -2.31. The molecule has 0 aliphatic carbocycles. The summed E-state index contributed by atoms with van der Waals surface area (Å²) in [5, 5.41) is 3.68. The van der Waals surface area contributed by atoms with Gasteiger partial charge in [0, 0.05) is 6.04 Å². The van der Waals surface area contributed by atoms with E-state index in [1.807, 2.05) is 0 Å². The van der Waals surface area contributed by atoms with Crippen LogP contribution in [0.4, 0.5) is 0 Å². The molecule has 2 nitrogen and oxygen atoms in total. The molecule has 1 atom stereocenters. The van der Waals surface area contributed by atoms with E-state index in [-0.39, 0.29) is 0 Å². The van der Waals surface area contributed by atoms with Gasteiger partial charge in [0.25, 0.3) is 0 Å². The minimum Gasteiger partial charge on any atom is -0.310 e. The molecule has 0 radical (unpaired) electrons. The van der Waals surface area contributed by atoms with Crippen molar-refractivity contribution in [3.63, 3.8) is 0 Å². The quantitative estimate of drug-likeness (QED) is 0.848. The highest BCUT2D eigenvalue weighted by Gasteiger charge is 2.18. The lowest BCUT2D eigenvalue weighted by Crippen LogP contribution is -2.35. The molecule has 1 aliphatic heterocycles. The highest BCUT2D eigenvalue weighted by Crippen LogP contribution is 2.22. The van der Waals surface area contributed by atoms with Crippen molar-refractivity contribution in [1.82, 2.24) is 10.2 Å². The number of rotatable bonds is 6. The molecule has 118 valence electrons. The van der Waals surface area contributed by atoms with Crippen molar-refractivity contribution in [2.24, 2.45) is 5.92 Å². The van der Waals surface area contributed by atoms with Crippen molar-refractivity contribution >= 4 is 0 Å². The standard InChI is InChI=1S/C19H32N2/c1-5-20-19(18-13-16(3)12-17(4)14-18)8-11-21-9-6-15(2)7-10-21/h12-15,19-20H,5-11H2,1-4H3. The molecule has 1 aromatic carbocycles. The van der Waals surface area contributed by atoms with E-state index in [0.29, 0.717) is 6.04 Å². The van der Waals surface area contributed by atoms with Crippen LogP contribution in [0.2, 0.25) is 0 Å². The Morgan fingerprint density at radius 3 is 2.33 bits per heavy atom. The smallest absolute Gasteiger partial charge is 0.0332 e. The fourth-order valence-corrected chi connectivity index (χ4v) is 3.44. The Morgan fingerprint density at radius 2 is 1.76 bits per heavy atom. The van der Waals surface area contributed by atoms with Gasteiger partial charge in [0.15, 0.2) is 0 Å². The molecule has 1 unspecified atom stereocenters. The Hall–Kier alpha value is -0.860. The second-order valence-corrected chi connectivity index (χ2v) is 6.84. The summed E-state index contributed by atoms with van der Waals surface area (Å²) in [7, 11) is 0. The van der Waals surface area contributed by atoms with Crippen molar-refractivity contribution in [2.75, 3.05) is 26.2 Å². The maximum Gasteiger partial charge on any atom is 0.0332 e. The van der Waals surface area contributed by atoms with E-state index in [9.17, 15) is 0 Å². The Balaban J connectivity index is 1.95. The fourth-order valence-electron chi connectivity index (χ4n) is 3.44. The van der Waals surface area contributed by atoms with Crippen molar-refractivity contribution in [3.8, 4) is 0 Å². The molecular formula is C19H32N2.